The first-order chi connectivity index (χ1) is 10.7. The molecule has 0 unspecified atom stereocenters. The van der Waals surface area contributed by atoms with Crippen molar-refractivity contribution in [3.05, 3.63) is 42.2 Å². The van der Waals surface area contributed by atoms with Gasteiger partial charge in [0.1, 0.15) is 11.5 Å². The maximum atomic E-state index is 5.31. The van der Waals surface area contributed by atoms with Gasteiger partial charge in [-0.05, 0) is 32.0 Å². The van der Waals surface area contributed by atoms with Crippen molar-refractivity contribution >= 4 is 5.78 Å². The normalized spacial score (nSPS) is 11.2. The van der Waals surface area contributed by atoms with Crippen LogP contribution in [0.2, 0.25) is 0 Å². The Morgan fingerprint density at radius 3 is 2.77 bits per heavy atom. The lowest BCUT2D eigenvalue weighted by Crippen LogP contribution is -2.04. The number of hydrogen-bond donors (Lipinski definition) is 0. The molecule has 0 saturated heterocycles. The van der Waals surface area contributed by atoms with Gasteiger partial charge in [-0.1, -0.05) is 0 Å². The summed E-state index contributed by atoms with van der Waals surface area (Å²) in [5.74, 6) is 2.15. The summed E-state index contributed by atoms with van der Waals surface area (Å²) in [6, 6.07) is 5.38. The van der Waals surface area contributed by atoms with Crippen LogP contribution in [0.5, 0.6) is 0 Å². The Balaban J connectivity index is 1.90. The summed E-state index contributed by atoms with van der Waals surface area (Å²) in [5.41, 5.74) is 2.15. The SMILES string of the molecule is Cc1nccc(-c2nnc3nc(-c4ccco4)nn3c2C)n1. The van der Waals surface area contributed by atoms with Gasteiger partial charge < -0.3 is 4.42 Å². The Morgan fingerprint density at radius 1 is 1.09 bits per heavy atom. The zero-order valence-corrected chi connectivity index (χ0v) is 11.9. The highest BCUT2D eigenvalue weighted by Gasteiger charge is 2.15. The molecule has 0 spiro atoms. The van der Waals surface area contributed by atoms with Crippen molar-refractivity contribution in [3.63, 3.8) is 0 Å². The molecule has 0 aliphatic rings. The third-order valence-electron chi connectivity index (χ3n) is 3.25. The molecule has 4 aromatic heterocycles. The molecular weight excluding hydrogens is 282 g/mol. The van der Waals surface area contributed by atoms with E-state index in [9.17, 15) is 0 Å². The zero-order valence-electron chi connectivity index (χ0n) is 11.9. The second-order valence-corrected chi connectivity index (χ2v) is 4.75. The fourth-order valence-electron chi connectivity index (χ4n) is 2.20. The largest absolute Gasteiger partial charge is 0.461 e. The van der Waals surface area contributed by atoms with Crippen LogP contribution in [0.15, 0.2) is 35.1 Å². The van der Waals surface area contributed by atoms with Gasteiger partial charge in [-0.15, -0.1) is 15.3 Å². The second kappa shape index (κ2) is 4.69. The molecule has 0 radical (unpaired) electrons. The lowest BCUT2D eigenvalue weighted by atomic mass is 10.2. The maximum absolute atomic E-state index is 5.31. The van der Waals surface area contributed by atoms with Gasteiger partial charge >= 0.3 is 0 Å². The van der Waals surface area contributed by atoms with E-state index >= 15 is 0 Å². The monoisotopic (exact) mass is 293 g/mol. The molecule has 8 heteroatoms. The van der Waals surface area contributed by atoms with E-state index in [1.807, 2.05) is 13.8 Å². The predicted molar refractivity (Wildman–Crippen MR) is 76.8 cm³/mol. The van der Waals surface area contributed by atoms with Crippen molar-refractivity contribution in [2.75, 3.05) is 0 Å². The highest BCUT2D eigenvalue weighted by molar-refractivity contribution is 5.58. The summed E-state index contributed by atoms with van der Waals surface area (Å²) in [7, 11) is 0. The minimum atomic E-state index is 0.415. The minimum Gasteiger partial charge on any atom is -0.461 e. The van der Waals surface area contributed by atoms with Crippen LogP contribution >= 0.6 is 0 Å². The van der Waals surface area contributed by atoms with Crippen LogP contribution in [0.1, 0.15) is 11.5 Å². The summed E-state index contributed by atoms with van der Waals surface area (Å²) in [4.78, 5) is 12.8. The summed E-state index contributed by atoms with van der Waals surface area (Å²) in [5, 5.41) is 12.8. The number of hydrogen-bond acceptors (Lipinski definition) is 7. The van der Waals surface area contributed by atoms with Gasteiger partial charge in [-0.25, -0.2) is 9.97 Å². The first kappa shape index (κ1) is 12.6. The van der Waals surface area contributed by atoms with Crippen LogP contribution in [-0.2, 0) is 0 Å². The van der Waals surface area contributed by atoms with Crippen molar-refractivity contribution in [1.29, 1.82) is 0 Å². The molecule has 0 atom stereocenters. The topological polar surface area (TPSA) is 94.9 Å². The Morgan fingerprint density at radius 2 is 2.00 bits per heavy atom. The van der Waals surface area contributed by atoms with Crippen LogP contribution in [0.3, 0.4) is 0 Å². The first-order valence-electron chi connectivity index (χ1n) is 6.66. The average Bonchev–Trinajstić information content (AvgIpc) is 3.17. The number of fused-ring (bicyclic) bond motifs is 1. The van der Waals surface area contributed by atoms with Crippen molar-refractivity contribution in [1.82, 2.24) is 34.8 Å². The molecule has 0 bridgehead atoms. The summed E-state index contributed by atoms with van der Waals surface area (Å²) >= 11 is 0. The molecule has 0 fully saturated rings. The predicted octanol–water partition coefficient (Wildman–Crippen LogP) is 1.85. The lowest BCUT2D eigenvalue weighted by Gasteiger charge is -2.04. The molecule has 0 aromatic carbocycles. The maximum Gasteiger partial charge on any atom is 0.272 e. The van der Waals surface area contributed by atoms with E-state index in [-0.39, 0.29) is 0 Å². The lowest BCUT2D eigenvalue weighted by molar-refractivity contribution is 0.577. The second-order valence-electron chi connectivity index (χ2n) is 4.75. The van der Waals surface area contributed by atoms with E-state index in [0.29, 0.717) is 34.6 Å². The zero-order chi connectivity index (χ0) is 15.1. The Kier molecular flexibility index (Phi) is 2.68. The smallest absolute Gasteiger partial charge is 0.272 e. The standard InChI is InChI=1S/C14H11N7O/c1-8-12(10-5-6-15-9(2)16-10)18-19-14-17-13(20-21(8)14)11-4-3-7-22-11/h3-7H,1-2H3. The molecule has 0 N–H and O–H groups in total. The van der Waals surface area contributed by atoms with E-state index in [2.05, 4.69) is 30.2 Å². The van der Waals surface area contributed by atoms with Crippen LogP contribution in [0, 0.1) is 13.8 Å². The van der Waals surface area contributed by atoms with Crippen LogP contribution in [0.4, 0.5) is 0 Å². The van der Waals surface area contributed by atoms with Gasteiger partial charge in [0, 0.05) is 6.20 Å². The van der Waals surface area contributed by atoms with E-state index < -0.39 is 0 Å². The Labute approximate surface area is 124 Å². The number of nitrogens with zero attached hydrogens (tertiary/aromatic N) is 7. The average molecular weight is 293 g/mol. The molecule has 0 aliphatic carbocycles. The third-order valence-corrected chi connectivity index (χ3v) is 3.25. The van der Waals surface area contributed by atoms with E-state index in [4.69, 9.17) is 4.42 Å². The molecule has 4 aromatic rings. The summed E-state index contributed by atoms with van der Waals surface area (Å²) in [6.07, 6.45) is 3.27. The number of furan rings is 1. The fourth-order valence-corrected chi connectivity index (χ4v) is 2.20. The fraction of sp³-hybridized carbons (Fsp3) is 0.143. The Hall–Kier alpha value is -3.16. The highest BCUT2D eigenvalue weighted by Crippen LogP contribution is 2.20. The molecule has 4 rings (SSSR count). The first-order valence-corrected chi connectivity index (χ1v) is 6.66. The highest BCUT2D eigenvalue weighted by atomic mass is 16.3. The molecule has 22 heavy (non-hydrogen) atoms. The van der Waals surface area contributed by atoms with Crippen LogP contribution < -0.4 is 0 Å². The quantitative estimate of drug-likeness (QED) is 0.556. The van der Waals surface area contributed by atoms with Gasteiger partial charge in [-0.2, -0.15) is 9.50 Å². The number of aryl methyl sites for hydroxylation is 2. The van der Waals surface area contributed by atoms with Crippen molar-refractivity contribution in [2.45, 2.75) is 13.8 Å². The van der Waals surface area contributed by atoms with E-state index in [0.717, 1.165) is 5.69 Å². The molecule has 0 aliphatic heterocycles. The van der Waals surface area contributed by atoms with Gasteiger partial charge in [-0.3, -0.25) is 0 Å². The van der Waals surface area contributed by atoms with Crippen molar-refractivity contribution in [3.8, 4) is 23.0 Å². The van der Waals surface area contributed by atoms with Gasteiger partial charge in [0.25, 0.3) is 5.78 Å². The van der Waals surface area contributed by atoms with Gasteiger partial charge in [0.15, 0.2) is 5.76 Å². The third kappa shape index (κ3) is 1.93. The van der Waals surface area contributed by atoms with E-state index in [1.54, 1.807) is 35.2 Å². The molecule has 0 saturated carbocycles. The summed E-state index contributed by atoms with van der Waals surface area (Å²) in [6.45, 7) is 3.73. The van der Waals surface area contributed by atoms with Gasteiger partial charge in [0.05, 0.1) is 17.7 Å². The number of aromatic nitrogens is 7. The molecule has 108 valence electrons. The molecular formula is C14H11N7O. The van der Waals surface area contributed by atoms with Gasteiger partial charge in [0.2, 0.25) is 5.82 Å². The van der Waals surface area contributed by atoms with Crippen molar-refractivity contribution in [2.24, 2.45) is 0 Å². The minimum absolute atomic E-state index is 0.415. The van der Waals surface area contributed by atoms with Crippen LogP contribution in [0.25, 0.3) is 28.8 Å². The number of rotatable bonds is 2. The molecule has 8 nitrogen and oxygen atoms in total. The Bertz CT molecular complexity index is 959. The van der Waals surface area contributed by atoms with E-state index in [1.165, 1.54) is 0 Å². The van der Waals surface area contributed by atoms with Crippen LogP contribution in [-0.4, -0.2) is 34.8 Å². The molecule has 0 amide bonds. The van der Waals surface area contributed by atoms with Crippen molar-refractivity contribution < 1.29 is 4.42 Å². The summed E-state index contributed by atoms with van der Waals surface area (Å²) < 4.78 is 6.95. The molecule has 4 heterocycles.